The fourth-order valence-electron chi connectivity index (χ4n) is 2.61. The zero-order chi connectivity index (χ0) is 14.8. The number of rotatable bonds is 7. The van der Waals surface area contributed by atoms with Gasteiger partial charge >= 0.3 is 0 Å². The van der Waals surface area contributed by atoms with E-state index >= 15 is 0 Å². The van der Waals surface area contributed by atoms with Crippen LogP contribution in [0.4, 0.5) is 0 Å². The second kappa shape index (κ2) is 9.40. The third-order valence-electron chi connectivity index (χ3n) is 3.79. The number of likely N-dealkylation sites (tertiary alicyclic amines) is 1. The lowest BCUT2D eigenvalue weighted by molar-refractivity contribution is -0.123. The van der Waals surface area contributed by atoms with Crippen LogP contribution in [0.2, 0.25) is 0 Å². The highest BCUT2D eigenvalue weighted by molar-refractivity contribution is 5.77. The second-order valence-electron chi connectivity index (χ2n) is 5.56. The second-order valence-corrected chi connectivity index (χ2v) is 5.56. The number of carbonyl (C=O) groups excluding carboxylic acids is 1. The number of nitrogens with one attached hydrogen (secondary N) is 1. The van der Waals surface area contributed by atoms with Gasteiger partial charge in [-0.25, -0.2) is 0 Å². The summed E-state index contributed by atoms with van der Waals surface area (Å²) in [5.41, 5.74) is 0. The Morgan fingerprint density at radius 1 is 1.10 bits per heavy atom. The third kappa shape index (κ3) is 6.63. The number of ether oxygens (including phenoxy) is 1. The molecule has 1 aromatic carbocycles. The molecule has 0 atom stereocenters. The van der Waals surface area contributed by atoms with Crippen molar-refractivity contribution in [2.24, 2.45) is 0 Å². The van der Waals surface area contributed by atoms with Gasteiger partial charge in [0.2, 0.25) is 0 Å². The van der Waals surface area contributed by atoms with Gasteiger partial charge in [-0.2, -0.15) is 0 Å². The molecule has 4 nitrogen and oxygen atoms in total. The molecule has 0 saturated carbocycles. The SMILES string of the molecule is O=C(COc1ccccc1)NCCCN1CCCCCC1. The summed E-state index contributed by atoms with van der Waals surface area (Å²) < 4.78 is 5.41. The van der Waals surface area contributed by atoms with E-state index in [2.05, 4.69) is 10.2 Å². The van der Waals surface area contributed by atoms with Crippen molar-refractivity contribution < 1.29 is 9.53 Å². The van der Waals surface area contributed by atoms with Gasteiger partial charge < -0.3 is 15.0 Å². The number of amides is 1. The van der Waals surface area contributed by atoms with Crippen LogP contribution in [-0.2, 0) is 4.79 Å². The standard InChI is InChI=1S/C17H26N2O2/c20-17(15-21-16-9-4-3-5-10-16)18-11-8-14-19-12-6-1-2-7-13-19/h3-5,9-10H,1-2,6-8,11-15H2,(H,18,20). The predicted octanol–water partition coefficient (Wildman–Crippen LogP) is 2.45. The van der Waals surface area contributed by atoms with Crippen LogP contribution in [-0.4, -0.2) is 43.6 Å². The normalized spacial score (nSPS) is 16.2. The highest BCUT2D eigenvalue weighted by atomic mass is 16.5. The number of benzene rings is 1. The average molecular weight is 290 g/mol. The quantitative estimate of drug-likeness (QED) is 0.784. The van der Waals surface area contributed by atoms with Crippen LogP contribution >= 0.6 is 0 Å². The summed E-state index contributed by atoms with van der Waals surface area (Å²) >= 11 is 0. The molecule has 1 saturated heterocycles. The Labute approximate surface area is 127 Å². The van der Waals surface area contributed by atoms with Crippen LogP contribution in [0.15, 0.2) is 30.3 Å². The van der Waals surface area contributed by atoms with Gasteiger partial charge in [0, 0.05) is 6.54 Å². The van der Waals surface area contributed by atoms with Gasteiger partial charge in [-0.15, -0.1) is 0 Å². The first-order chi connectivity index (χ1) is 10.3. The van der Waals surface area contributed by atoms with Gasteiger partial charge in [0.05, 0.1) is 0 Å². The van der Waals surface area contributed by atoms with Gasteiger partial charge in [0.1, 0.15) is 5.75 Å². The van der Waals surface area contributed by atoms with Gasteiger partial charge in [-0.1, -0.05) is 31.0 Å². The van der Waals surface area contributed by atoms with Crippen molar-refractivity contribution in [2.45, 2.75) is 32.1 Å². The molecule has 1 N–H and O–H groups in total. The lowest BCUT2D eigenvalue weighted by Gasteiger charge is -2.19. The molecule has 1 fully saturated rings. The Kier molecular flexibility index (Phi) is 7.08. The molecular formula is C17H26N2O2. The number of hydrogen-bond donors (Lipinski definition) is 1. The van der Waals surface area contributed by atoms with Crippen molar-refractivity contribution >= 4 is 5.91 Å². The molecule has 0 unspecified atom stereocenters. The average Bonchev–Trinajstić information content (AvgIpc) is 2.79. The molecule has 21 heavy (non-hydrogen) atoms. The van der Waals surface area contributed by atoms with Crippen molar-refractivity contribution in [3.63, 3.8) is 0 Å². The Morgan fingerprint density at radius 2 is 1.81 bits per heavy atom. The van der Waals surface area contributed by atoms with Crippen LogP contribution in [0, 0.1) is 0 Å². The summed E-state index contributed by atoms with van der Waals surface area (Å²) in [6, 6.07) is 9.43. The van der Waals surface area contributed by atoms with Gasteiger partial charge in [-0.3, -0.25) is 4.79 Å². The van der Waals surface area contributed by atoms with E-state index in [4.69, 9.17) is 4.74 Å². The molecular weight excluding hydrogens is 264 g/mol. The molecule has 4 heteroatoms. The largest absolute Gasteiger partial charge is 0.484 e. The third-order valence-corrected chi connectivity index (χ3v) is 3.79. The first kappa shape index (κ1) is 15.8. The zero-order valence-corrected chi connectivity index (χ0v) is 12.7. The molecule has 0 aliphatic carbocycles. The lowest BCUT2D eigenvalue weighted by atomic mass is 10.2. The summed E-state index contributed by atoms with van der Waals surface area (Å²) in [7, 11) is 0. The maximum absolute atomic E-state index is 11.7. The first-order valence-electron chi connectivity index (χ1n) is 8.01. The summed E-state index contributed by atoms with van der Waals surface area (Å²) in [5, 5.41) is 2.92. The van der Waals surface area contributed by atoms with Crippen molar-refractivity contribution in [1.29, 1.82) is 0 Å². The lowest BCUT2D eigenvalue weighted by Crippen LogP contribution is -2.33. The zero-order valence-electron chi connectivity index (χ0n) is 12.7. The van der Waals surface area contributed by atoms with Crippen LogP contribution in [0.5, 0.6) is 5.75 Å². The minimum Gasteiger partial charge on any atom is -0.484 e. The van der Waals surface area contributed by atoms with E-state index in [1.807, 2.05) is 30.3 Å². The smallest absolute Gasteiger partial charge is 0.257 e. The number of nitrogens with zero attached hydrogens (tertiary/aromatic N) is 1. The van der Waals surface area contributed by atoms with E-state index in [-0.39, 0.29) is 12.5 Å². The maximum Gasteiger partial charge on any atom is 0.257 e. The van der Waals surface area contributed by atoms with E-state index < -0.39 is 0 Å². The summed E-state index contributed by atoms with van der Waals surface area (Å²) in [6.07, 6.45) is 6.37. The molecule has 0 spiro atoms. The van der Waals surface area contributed by atoms with Crippen molar-refractivity contribution in [2.75, 3.05) is 32.8 Å². The minimum atomic E-state index is -0.0466. The van der Waals surface area contributed by atoms with Crippen molar-refractivity contribution in [1.82, 2.24) is 10.2 Å². The van der Waals surface area contributed by atoms with Crippen LogP contribution < -0.4 is 10.1 Å². The summed E-state index contributed by atoms with van der Waals surface area (Å²) in [6.45, 7) is 4.33. The minimum absolute atomic E-state index is 0.0466. The Bertz CT molecular complexity index is 401. The highest BCUT2D eigenvalue weighted by Crippen LogP contribution is 2.09. The van der Waals surface area contributed by atoms with E-state index in [0.717, 1.165) is 25.3 Å². The molecule has 0 bridgehead atoms. The molecule has 1 aliphatic rings. The van der Waals surface area contributed by atoms with E-state index in [1.165, 1.54) is 38.8 Å². The van der Waals surface area contributed by atoms with Gasteiger partial charge in [-0.05, 0) is 51.0 Å². The van der Waals surface area contributed by atoms with E-state index in [0.29, 0.717) is 0 Å². The van der Waals surface area contributed by atoms with E-state index in [1.54, 1.807) is 0 Å². The molecule has 1 heterocycles. The molecule has 2 rings (SSSR count). The first-order valence-corrected chi connectivity index (χ1v) is 8.01. The molecule has 1 aromatic rings. The highest BCUT2D eigenvalue weighted by Gasteiger charge is 2.08. The van der Waals surface area contributed by atoms with E-state index in [9.17, 15) is 4.79 Å². The fourth-order valence-corrected chi connectivity index (χ4v) is 2.61. The number of para-hydroxylation sites is 1. The molecule has 1 amide bonds. The molecule has 0 aromatic heterocycles. The van der Waals surface area contributed by atoms with Crippen LogP contribution in [0.25, 0.3) is 0 Å². The van der Waals surface area contributed by atoms with Crippen LogP contribution in [0.3, 0.4) is 0 Å². The molecule has 1 aliphatic heterocycles. The monoisotopic (exact) mass is 290 g/mol. The number of carbonyl (C=O) groups is 1. The predicted molar refractivity (Wildman–Crippen MR) is 84.5 cm³/mol. The fraction of sp³-hybridized carbons (Fsp3) is 0.588. The summed E-state index contributed by atoms with van der Waals surface area (Å²) in [5.74, 6) is 0.687. The number of hydrogen-bond acceptors (Lipinski definition) is 3. The summed E-state index contributed by atoms with van der Waals surface area (Å²) in [4.78, 5) is 14.2. The van der Waals surface area contributed by atoms with Gasteiger partial charge in [0.25, 0.3) is 5.91 Å². The Morgan fingerprint density at radius 3 is 2.52 bits per heavy atom. The van der Waals surface area contributed by atoms with Gasteiger partial charge in [0.15, 0.2) is 6.61 Å². The maximum atomic E-state index is 11.7. The molecule has 0 radical (unpaired) electrons. The van der Waals surface area contributed by atoms with Crippen molar-refractivity contribution in [3.8, 4) is 5.75 Å². The van der Waals surface area contributed by atoms with Crippen molar-refractivity contribution in [3.05, 3.63) is 30.3 Å². The molecule has 116 valence electrons. The Hall–Kier alpha value is -1.55. The Balaban J connectivity index is 1.52. The topological polar surface area (TPSA) is 41.6 Å². The van der Waals surface area contributed by atoms with Crippen LogP contribution in [0.1, 0.15) is 32.1 Å².